The molecular weight excluding hydrogens is 248 g/mol. The Hall–Kier alpha value is -1.77. The average Bonchev–Trinajstić information content (AvgIpc) is 3.03. The van der Waals surface area contributed by atoms with Crippen molar-refractivity contribution in [2.75, 3.05) is 5.32 Å². The van der Waals surface area contributed by atoms with Gasteiger partial charge in [-0.25, -0.2) is 4.98 Å². The van der Waals surface area contributed by atoms with Crippen LogP contribution in [0.4, 0.5) is 5.69 Å². The highest BCUT2D eigenvalue weighted by molar-refractivity contribution is 5.60. The third-order valence-electron chi connectivity index (χ3n) is 4.40. The zero-order valence-electron chi connectivity index (χ0n) is 12.0. The number of nitrogens with zero attached hydrogens (tertiary/aromatic N) is 1. The molecule has 3 heteroatoms. The van der Waals surface area contributed by atoms with Crippen LogP contribution in [0.3, 0.4) is 0 Å². The first-order chi connectivity index (χ1) is 9.85. The van der Waals surface area contributed by atoms with Crippen LogP contribution >= 0.6 is 0 Å². The summed E-state index contributed by atoms with van der Waals surface area (Å²) in [6.45, 7) is 2.31. The first-order valence-corrected chi connectivity index (χ1v) is 7.60. The molecule has 1 N–H and O–H groups in total. The van der Waals surface area contributed by atoms with Gasteiger partial charge in [-0.05, 0) is 55.9 Å². The molecule has 106 valence electrons. The minimum Gasteiger partial charge on any atom is -0.444 e. The van der Waals surface area contributed by atoms with Gasteiger partial charge in [-0.3, -0.25) is 0 Å². The van der Waals surface area contributed by atoms with Crippen molar-refractivity contribution in [3.8, 4) is 11.3 Å². The fourth-order valence-corrected chi connectivity index (χ4v) is 3.04. The van der Waals surface area contributed by atoms with E-state index in [9.17, 15) is 0 Å². The van der Waals surface area contributed by atoms with Crippen LogP contribution in [0.15, 0.2) is 41.3 Å². The summed E-state index contributed by atoms with van der Waals surface area (Å²) in [5.74, 6) is 1.77. The van der Waals surface area contributed by atoms with Gasteiger partial charge in [0.1, 0.15) is 0 Å². The first kappa shape index (κ1) is 13.2. The maximum Gasteiger partial charge on any atom is 0.181 e. The maximum absolute atomic E-state index is 5.30. The molecule has 0 amide bonds. The Bertz CT molecular complexity index is 510. The number of aromatic nitrogens is 1. The summed E-state index contributed by atoms with van der Waals surface area (Å²) in [5.41, 5.74) is 2.27. The number of benzene rings is 1. The van der Waals surface area contributed by atoms with Crippen molar-refractivity contribution < 1.29 is 4.42 Å². The molecular formula is C17H22N2O. The zero-order valence-corrected chi connectivity index (χ0v) is 12.0. The van der Waals surface area contributed by atoms with Crippen LogP contribution in [0, 0.1) is 5.92 Å². The number of hydrogen-bond donors (Lipinski definition) is 1. The summed E-state index contributed by atoms with van der Waals surface area (Å²) in [6.07, 6.45) is 9.86. The van der Waals surface area contributed by atoms with Crippen LogP contribution < -0.4 is 5.32 Å². The van der Waals surface area contributed by atoms with E-state index in [4.69, 9.17) is 4.42 Å². The van der Waals surface area contributed by atoms with Crippen LogP contribution in [0.1, 0.15) is 39.0 Å². The van der Waals surface area contributed by atoms with Gasteiger partial charge in [0.05, 0.1) is 6.20 Å². The van der Waals surface area contributed by atoms with Crippen molar-refractivity contribution in [2.24, 2.45) is 5.92 Å². The van der Waals surface area contributed by atoms with Crippen LogP contribution in [0.5, 0.6) is 0 Å². The van der Waals surface area contributed by atoms with Gasteiger partial charge in [-0.1, -0.05) is 13.3 Å². The topological polar surface area (TPSA) is 38.1 Å². The van der Waals surface area contributed by atoms with Gasteiger partial charge < -0.3 is 9.73 Å². The summed E-state index contributed by atoms with van der Waals surface area (Å²) in [4.78, 5) is 3.95. The second-order valence-corrected chi connectivity index (χ2v) is 5.71. The van der Waals surface area contributed by atoms with Crippen molar-refractivity contribution in [1.82, 2.24) is 4.98 Å². The quantitative estimate of drug-likeness (QED) is 0.873. The molecule has 20 heavy (non-hydrogen) atoms. The van der Waals surface area contributed by atoms with Gasteiger partial charge in [-0.2, -0.15) is 0 Å². The molecule has 0 bridgehead atoms. The molecule has 0 radical (unpaired) electrons. The lowest BCUT2D eigenvalue weighted by atomic mass is 9.84. The van der Waals surface area contributed by atoms with Crippen LogP contribution in [0.25, 0.3) is 11.3 Å². The van der Waals surface area contributed by atoms with Crippen molar-refractivity contribution >= 4 is 5.69 Å². The highest BCUT2D eigenvalue weighted by atomic mass is 16.3. The zero-order chi connectivity index (χ0) is 13.8. The van der Waals surface area contributed by atoms with Gasteiger partial charge in [0, 0.05) is 17.3 Å². The lowest BCUT2D eigenvalue weighted by molar-refractivity contribution is 0.330. The van der Waals surface area contributed by atoms with Crippen LogP contribution in [-0.2, 0) is 0 Å². The maximum atomic E-state index is 5.30. The van der Waals surface area contributed by atoms with Gasteiger partial charge in [0.2, 0.25) is 0 Å². The Morgan fingerprint density at radius 1 is 1.15 bits per heavy atom. The van der Waals surface area contributed by atoms with Crippen LogP contribution in [-0.4, -0.2) is 11.0 Å². The molecule has 0 spiro atoms. The summed E-state index contributed by atoms with van der Waals surface area (Å²) in [5, 5.41) is 3.65. The SMILES string of the molecule is CCC1CCC(Nc2ccc(-c3cnco3)cc2)CC1. The van der Waals surface area contributed by atoms with E-state index in [1.807, 2.05) is 0 Å². The Kier molecular flexibility index (Phi) is 4.05. The second kappa shape index (κ2) is 6.12. The van der Waals surface area contributed by atoms with E-state index >= 15 is 0 Å². The lowest BCUT2D eigenvalue weighted by Crippen LogP contribution is -2.25. The predicted molar refractivity (Wildman–Crippen MR) is 81.6 cm³/mol. The van der Waals surface area contributed by atoms with Crippen molar-refractivity contribution in [3.63, 3.8) is 0 Å². The monoisotopic (exact) mass is 270 g/mol. The number of hydrogen-bond acceptors (Lipinski definition) is 3. The van der Waals surface area contributed by atoms with E-state index in [0.29, 0.717) is 6.04 Å². The van der Waals surface area contributed by atoms with Gasteiger partial charge in [-0.15, -0.1) is 0 Å². The van der Waals surface area contributed by atoms with E-state index < -0.39 is 0 Å². The first-order valence-electron chi connectivity index (χ1n) is 7.60. The van der Waals surface area contributed by atoms with Crippen LogP contribution in [0.2, 0.25) is 0 Å². The van der Waals surface area contributed by atoms with E-state index in [-0.39, 0.29) is 0 Å². The van der Waals surface area contributed by atoms with Crippen molar-refractivity contribution in [3.05, 3.63) is 36.9 Å². The molecule has 1 aromatic heterocycles. The Balaban J connectivity index is 1.59. The third-order valence-corrected chi connectivity index (χ3v) is 4.40. The lowest BCUT2D eigenvalue weighted by Gasteiger charge is -2.29. The van der Waals surface area contributed by atoms with Gasteiger partial charge in [0.15, 0.2) is 12.2 Å². The molecule has 3 nitrogen and oxygen atoms in total. The molecule has 3 rings (SSSR count). The molecule has 1 heterocycles. The molecule has 1 fully saturated rings. The highest BCUT2D eigenvalue weighted by Gasteiger charge is 2.19. The molecule has 1 aromatic carbocycles. The minimum absolute atomic E-state index is 0.633. The molecule has 2 aromatic rings. The number of oxazole rings is 1. The van der Waals surface area contributed by atoms with Crippen molar-refractivity contribution in [2.45, 2.75) is 45.1 Å². The molecule has 1 aliphatic carbocycles. The third kappa shape index (κ3) is 3.03. The van der Waals surface area contributed by atoms with Gasteiger partial charge in [0.25, 0.3) is 0 Å². The predicted octanol–water partition coefficient (Wildman–Crippen LogP) is 4.72. The Labute approximate surface area is 120 Å². The number of anilines is 1. The average molecular weight is 270 g/mol. The van der Waals surface area contributed by atoms with Crippen molar-refractivity contribution in [1.29, 1.82) is 0 Å². The Morgan fingerprint density at radius 2 is 1.90 bits per heavy atom. The minimum atomic E-state index is 0.633. The van der Waals surface area contributed by atoms with E-state index in [2.05, 4.69) is 41.5 Å². The molecule has 0 unspecified atom stereocenters. The second-order valence-electron chi connectivity index (χ2n) is 5.71. The highest BCUT2D eigenvalue weighted by Crippen LogP contribution is 2.29. The number of rotatable bonds is 4. The summed E-state index contributed by atoms with van der Waals surface area (Å²) in [6, 6.07) is 9.06. The fraction of sp³-hybridized carbons (Fsp3) is 0.471. The standard InChI is InChI=1S/C17H22N2O/c1-2-13-3-7-15(8-4-13)19-16-9-5-14(6-10-16)17-11-18-12-20-17/h5-6,9-13,15,19H,2-4,7-8H2,1H3. The molecule has 0 saturated heterocycles. The molecule has 1 saturated carbocycles. The molecule has 0 atom stereocenters. The Morgan fingerprint density at radius 3 is 2.50 bits per heavy atom. The summed E-state index contributed by atoms with van der Waals surface area (Å²) < 4.78 is 5.30. The van der Waals surface area contributed by atoms with Gasteiger partial charge >= 0.3 is 0 Å². The summed E-state index contributed by atoms with van der Waals surface area (Å²) in [7, 11) is 0. The normalized spacial score (nSPS) is 22.6. The van der Waals surface area contributed by atoms with E-state index in [0.717, 1.165) is 17.2 Å². The molecule has 0 aliphatic heterocycles. The van der Waals surface area contributed by atoms with E-state index in [1.54, 1.807) is 6.20 Å². The number of nitrogens with one attached hydrogen (secondary N) is 1. The summed E-state index contributed by atoms with van der Waals surface area (Å²) >= 11 is 0. The largest absolute Gasteiger partial charge is 0.444 e. The fourth-order valence-electron chi connectivity index (χ4n) is 3.04. The smallest absolute Gasteiger partial charge is 0.181 e. The van der Waals surface area contributed by atoms with E-state index in [1.165, 1.54) is 44.2 Å². The molecule has 1 aliphatic rings.